The number of carbonyl (C=O) groups excluding carboxylic acids is 2. The maximum Gasteiger partial charge on any atom is 0.268 e. The van der Waals surface area contributed by atoms with Gasteiger partial charge in [0.25, 0.3) is 11.8 Å². The van der Waals surface area contributed by atoms with Crippen LogP contribution in [0.15, 0.2) is 81.9 Å². The van der Waals surface area contributed by atoms with Gasteiger partial charge in [-0.3, -0.25) is 9.59 Å². The Morgan fingerprint density at radius 3 is 2.49 bits per heavy atom. The van der Waals surface area contributed by atoms with Crippen LogP contribution in [0.2, 0.25) is 0 Å². The molecule has 192 valence electrons. The molecule has 2 heterocycles. The van der Waals surface area contributed by atoms with Gasteiger partial charge in [-0.05, 0) is 53.7 Å². The van der Waals surface area contributed by atoms with E-state index >= 15 is 0 Å². The van der Waals surface area contributed by atoms with Gasteiger partial charge in [0.15, 0.2) is 5.09 Å². The zero-order valence-electron chi connectivity index (χ0n) is 20.3. The largest absolute Gasteiger partial charge is 0.497 e. The molecule has 3 aromatic rings. The zero-order chi connectivity index (χ0) is 26.0. The van der Waals surface area contributed by atoms with Crippen molar-refractivity contribution in [3.63, 3.8) is 0 Å². The van der Waals surface area contributed by atoms with E-state index in [1.54, 1.807) is 43.5 Å². The van der Waals surface area contributed by atoms with Gasteiger partial charge in [-0.25, -0.2) is 0 Å². The number of methoxy groups -OCH3 is 1. The Morgan fingerprint density at radius 2 is 1.78 bits per heavy atom. The van der Waals surface area contributed by atoms with E-state index in [-0.39, 0.29) is 12.2 Å². The number of thioether (sulfide) groups is 1. The number of nitrogens with one attached hydrogen (secondary N) is 2. The summed E-state index contributed by atoms with van der Waals surface area (Å²) in [6, 6.07) is 19.6. The number of thiocarbonyl (C=S) groups is 1. The van der Waals surface area contributed by atoms with Crippen LogP contribution in [-0.2, 0) is 16.1 Å². The molecule has 2 amide bonds. The maximum absolute atomic E-state index is 13.1. The number of rotatable bonds is 8. The van der Waals surface area contributed by atoms with Crippen LogP contribution in [0.3, 0.4) is 0 Å². The van der Waals surface area contributed by atoms with Crippen molar-refractivity contribution in [2.75, 3.05) is 33.4 Å². The molecule has 1 saturated heterocycles. The molecule has 1 fully saturated rings. The highest BCUT2D eigenvalue weighted by atomic mass is 32.2. The molecule has 0 spiro atoms. The summed E-state index contributed by atoms with van der Waals surface area (Å²) in [5, 5.41) is 6.15. The summed E-state index contributed by atoms with van der Waals surface area (Å²) in [5.74, 6) is 0.288. The van der Waals surface area contributed by atoms with E-state index in [1.807, 2.05) is 30.3 Å². The van der Waals surface area contributed by atoms with Gasteiger partial charge in [-0.15, -0.1) is 0 Å². The number of hydrogen-bond acceptors (Lipinski definition) is 7. The summed E-state index contributed by atoms with van der Waals surface area (Å²) < 4.78 is 17.1. The van der Waals surface area contributed by atoms with E-state index in [4.69, 9.17) is 26.1 Å². The highest BCUT2D eigenvalue weighted by Crippen LogP contribution is 2.26. The van der Waals surface area contributed by atoms with Crippen molar-refractivity contribution in [2.24, 2.45) is 0 Å². The first-order valence-electron chi connectivity index (χ1n) is 11.7. The van der Waals surface area contributed by atoms with Crippen LogP contribution < -0.4 is 15.4 Å². The fraction of sp³-hybridized carbons (Fsp3) is 0.222. The number of nitrogens with zero attached hydrogens (tertiary/aromatic N) is 1. The number of furan rings is 1. The second-order valence-electron chi connectivity index (χ2n) is 8.03. The molecule has 37 heavy (non-hydrogen) atoms. The lowest BCUT2D eigenvalue weighted by atomic mass is 10.2. The van der Waals surface area contributed by atoms with Crippen LogP contribution >= 0.6 is 24.0 Å². The normalized spacial score (nSPS) is 13.6. The summed E-state index contributed by atoms with van der Waals surface area (Å²) in [4.78, 5) is 28.0. The predicted octanol–water partition coefficient (Wildman–Crippen LogP) is 4.08. The number of amides is 2. The number of carbonyl (C=O) groups is 2. The molecule has 2 aromatic carbocycles. The van der Waals surface area contributed by atoms with Gasteiger partial charge in [-0.2, -0.15) is 0 Å². The molecular weight excluding hydrogens is 510 g/mol. The van der Waals surface area contributed by atoms with Gasteiger partial charge in [0.2, 0.25) is 0 Å². The van der Waals surface area contributed by atoms with Crippen LogP contribution in [0.1, 0.15) is 21.7 Å². The lowest BCUT2D eigenvalue weighted by molar-refractivity contribution is -0.117. The minimum Gasteiger partial charge on any atom is -0.497 e. The number of ether oxygens (including phenoxy) is 2. The third-order valence-electron chi connectivity index (χ3n) is 5.49. The van der Waals surface area contributed by atoms with Crippen LogP contribution in [0, 0.1) is 0 Å². The summed E-state index contributed by atoms with van der Waals surface area (Å²) in [5.41, 5.74) is 1.38. The SMILES string of the molecule is COc1ccc(CNC(=O)/C(=C/c2ccc(SC(=S)N3CCOCC3)o2)NC(=O)c2ccccc2)cc1. The minimum absolute atomic E-state index is 0.0593. The Morgan fingerprint density at radius 1 is 1.05 bits per heavy atom. The second-order valence-corrected chi connectivity index (χ2v) is 9.67. The fourth-order valence-corrected chi connectivity index (χ4v) is 4.66. The Hall–Kier alpha value is -3.60. The van der Waals surface area contributed by atoms with Gasteiger partial charge >= 0.3 is 0 Å². The highest BCUT2D eigenvalue weighted by Gasteiger charge is 2.18. The van der Waals surface area contributed by atoms with E-state index in [0.29, 0.717) is 34.0 Å². The average Bonchev–Trinajstić information content (AvgIpc) is 3.39. The van der Waals surface area contributed by atoms with Crippen molar-refractivity contribution in [3.8, 4) is 5.75 Å². The maximum atomic E-state index is 13.1. The third-order valence-corrected chi connectivity index (χ3v) is 6.85. The van der Waals surface area contributed by atoms with Gasteiger partial charge in [0.1, 0.15) is 21.5 Å². The number of benzene rings is 2. The van der Waals surface area contributed by atoms with E-state index in [0.717, 1.165) is 24.4 Å². The molecule has 1 aliphatic heterocycles. The summed E-state index contributed by atoms with van der Waals surface area (Å²) in [7, 11) is 1.60. The summed E-state index contributed by atoms with van der Waals surface area (Å²) >= 11 is 6.87. The lowest BCUT2D eigenvalue weighted by Gasteiger charge is -2.28. The number of morpholine rings is 1. The van der Waals surface area contributed by atoms with Crippen LogP contribution in [0.4, 0.5) is 0 Å². The third kappa shape index (κ3) is 7.69. The van der Waals surface area contributed by atoms with Crippen molar-refractivity contribution in [3.05, 3.63) is 89.3 Å². The molecule has 0 atom stereocenters. The standard InChI is InChI=1S/C27H27N3O5S2/c1-33-21-9-7-19(8-10-21)18-28-26(32)23(29-25(31)20-5-3-2-4-6-20)17-22-11-12-24(35-22)37-27(36)30-13-15-34-16-14-30/h2-12,17H,13-16,18H2,1H3,(H,28,32)(H,29,31)/b23-17-. The van der Waals surface area contributed by atoms with E-state index in [1.165, 1.54) is 17.8 Å². The molecule has 0 bridgehead atoms. The first kappa shape index (κ1) is 26.5. The molecule has 0 aliphatic carbocycles. The second kappa shape index (κ2) is 13.1. The fourth-order valence-electron chi connectivity index (χ4n) is 3.47. The van der Waals surface area contributed by atoms with Gasteiger partial charge in [-0.1, -0.05) is 42.5 Å². The van der Waals surface area contributed by atoms with Crippen molar-refractivity contribution in [1.82, 2.24) is 15.5 Å². The van der Waals surface area contributed by atoms with Crippen molar-refractivity contribution < 1.29 is 23.5 Å². The van der Waals surface area contributed by atoms with Gasteiger partial charge in [0.05, 0.1) is 20.3 Å². The molecule has 4 rings (SSSR count). The van der Waals surface area contributed by atoms with E-state index < -0.39 is 11.8 Å². The molecule has 1 aromatic heterocycles. The Balaban J connectivity index is 1.47. The Labute approximate surface area is 225 Å². The zero-order valence-corrected chi connectivity index (χ0v) is 21.9. The lowest BCUT2D eigenvalue weighted by Crippen LogP contribution is -2.38. The Bertz CT molecular complexity index is 1250. The van der Waals surface area contributed by atoms with Crippen LogP contribution in [0.25, 0.3) is 6.08 Å². The van der Waals surface area contributed by atoms with Crippen LogP contribution in [0.5, 0.6) is 5.75 Å². The molecule has 0 unspecified atom stereocenters. The molecule has 10 heteroatoms. The summed E-state index contributed by atoms with van der Waals surface area (Å²) in [6.07, 6.45) is 1.51. The average molecular weight is 538 g/mol. The Kier molecular flexibility index (Phi) is 9.36. The molecule has 0 radical (unpaired) electrons. The van der Waals surface area contributed by atoms with Gasteiger partial charge < -0.3 is 29.4 Å². The van der Waals surface area contributed by atoms with Gasteiger partial charge in [0, 0.05) is 31.3 Å². The quantitative estimate of drug-likeness (QED) is 0.252. The number of hydrogen-bond donors (Lipinski definition) is 2. The predicted molar refractivity (Wildman–Crippen MR) is 146 cm³/mol. The van der Waals surface area contributed by atoms with Crippen molar-refractivity contribution in [1.29, 1.82) is 0 Å². The molecule has 2 N–H and O–H groups in total. The monoisotopic (exact) mass is 537 g/mol. The molecule has 0 saturated carbocycles. The van der Waals surface area contributed by atoms with E-state index in [9.17, 15) is 9.59 Å². The first-order chi connectivity index (χ1) is 18.0. The molecule has 1 aliphatic rings. The van der Waals surface area contributed by atoms with Crippen LogP contribution in [-0.4, -0.2) is 54.4 Å². The minimum atomic E-state index is -0.450. The topological polar surface area (TPSA) is 93.0 Å². The highest BCUT2D eigenvalue weighted by molar-refractivity contribution is 8.22. The van der Waals surface area contributed by atoms with E-state index in [2.05, 4.69) is 15.5 Å². The van der Waals surface area contributed by atoms with Crippen molar-refractivity contribution >= 4 is 46.2 Å². The smallest absolute Gasteiger partial charge is 0.268 e. The summed E-state index contributed by atoms with van der Waals surface area (Å²) in [6.45, 7) is 3.03. The molecular formula is C27H27N3O5S2. The molecule has 8 nitrogen and oxygen atoms in total. The van der Waals surface area contributed by atoms with Crippen molar-refractivity contribution in [2.45, 2.75) is 11.6 Å². The first-order valence-corrected chi connectivity index (χ1v) is 12.9.